The van der Waals surface area contributed by atoms with Gasteiger partial charge in [-0.15, -0.1) is 11.3 Å². The van der Waals surface area contributed by atoms with E-state index in [4.69, 9.17) is 4.74 Å². The standard InChI is InChI=1S/C25H26N2O3S/c1-3-30-21-11-9-18(10-12-21)17(2)26-24(28)23-15-20-16-27(14-13-22(20)31-23)25(29)19-7-5-4-6-8-19/h4-12,15,17H,3,13-14,16H2,1-2H3,(H,26,28)/t17-/m0/s1. The van der Waals surface area contributed by atoms with E-state index in [1.807, 2.05) is 79.4 Å². The Kier molecular flexibility index (Phi) is 6.37. The largest absolute Gasteiger partial charge is 0.494 e. The third-order valence-corrected chi connectivity index (χ3v) is 6.67. The van der Waals surface area contributed by atoms with E-state index in [-0.39, 0.29) is 17.9 Å². The quantitative estimate of drug-likeness (QED) is 0.604. The number of rotatable bonds is 6. The number of nitrogens with one attached hydrogen (secondary N) is 1. The molecule has 0 saturated carbocycles. The molecule has 1 aliphatic heterocycles. The average molecular weight is 435 g/mol. The predicted molar refractivity (Wildman–Crippen MR) is 123 cm³/mol. The van der Waals surface area contributed by atoms with Gasteiger partial charge in [-0.3, -0.25) is 9.59 Å². The van der Waals surface area contributed by atoms with Gasteiger partial charge in [0.25, 0.3) is 11.8 Å². The zero-order valence-electron chi connectivity index (χ0n) is 17.8. The molecular weight excluding hydrogens is 408 g/mol. The number of benzene rings is 2. The highest BCUT2D eigenvalue weighted by Gasteiger charge is 2.25. The van der Waals surface area contributed by atoms with Crippen molar-refractivity contribution in [3.8, 4) is 5.75 Å². The lowest BCUT2D eigenvalue weighted by Crippen LogP contribution is -2.35. The minimum absolute atomic E-state index is 0.0348. The SMILES string of the molecule is CCOc1ccc([C@H](C)NC(=O)c2cc3c(s2)CCN(C(=O)c2ccccc2)C3)cc1. The summed E-state index contributed by atoms with van der Waals surface area (Å²) in [6.07, 6.45) is 0.778. The second kappa shape index (κ2) is 9.35. The lowest BCUT2D eigenvalue weighted by atomic mass is 10.1. The van der Waals surface area contributed by atoms with Gasteiger partial charge in [0.1, 0.15) is 5.75 Å². The van der Waals surface area contributed by atoms with Crippen molar-refractivity contribution in [2.75, 3.05) is 13.2 Å². The van der Waals surface area contributed by atoms with Crippen LogP contribution in [0.4, 0.5) is 0 Å². The summed E-state index contributed by atoms with van der Waals surface area (Å²) in [6, 6.07) is 19.0. The maximum Gasteiger partial charge on any atom is 0.261 e. The first-order valence-corrected chi connectivity index (χ1v) is 11.4. The van der Waals surface area contributed by atoms with Gasteiger partial charge in [-0.1, -0.05) is 30.3 Å². The number of carbonyl (C=O) groups is 2. The van der Waals surface area contributed by atoms with E-state index in [0.29, 0.717) is 30.1 Å². The Labute approximate surface area is 186 Å². The van der Waals surface area contributed by atoms with Crippen molar-refractivity contribution in [2.24, 2.45) is 0 Å². The molecule has 0 radical (unpaired) electrons. The number of nitrogens with zero attached hydrogens (tertiary/aromatic N) is 1. The number of hydrogen-bond acceptors (Lipinski definition) is 4. The van der Waals surface area contributed by atoms with E-state index >= 15 is 0 Å². The zero-order chi connectivity index (χ0) is 21.8. The molecule has 0 saturated heterocycles. The molecule has 0 fully saturated rings. The number of amides is 2. The van der Waals surface area contributed by atoms with Crippen LogP contribution in [0, 0.1) is 0 Å². The van der Waals surface area contributed by atoms with Crippen LogP contribution in [0.5, 0.6) is 5.75 Å². The molecule has 6 heteroatoms. The summed E-state index contributed by atoms with van der Waals surface area (Å²) in [4.78, 5) is 29.3. The minimum atomic E-state index is -0.113. The molecule has 1 N–H and O–H groups in total. The van der Waals surface area contributed by atoms with Crippen LogP contribution in [-0.4, -0.2) is 29.9 Å². The van der Waals surface area contributed by atoms with Gasteiger partial charge in [0.15, 0.2) is 0 Å². The first-order chi connectivity index (χ1) is 15.0. The van der Waals surface area contributed by atoms with Crippen molar-refractivity contribution >= 4 is 23.2 Å². The van der Waals surface area contributed by atoms with Crippen LogP contribution in [0.1, 0.15) is 55.9 Å². The second-order valence-corrected chi connectivity index (χ2v) is 8.74. The molecule has 0 unspecified atom stereocenters. The fourth-order valence-corrected chi connectivity index (χ4v) is 4.82. The van der Waals surface area contributed by atoms with Crippen LogP contribution in [0.15, 0.2) is 60.7 Å². The molecule has 1 aromatic heterocycles. The molecule has 0 bridgehead atoms. The molecular formula is C25H26N2O3S. The van der Waals surface area contributed by atoms with Gasteiger partial charge >= 0.3 is 0 Å². The van der Waals surface area contributed by atoms with Gasteiger partial charge in [0, 0.05) is 23.5 Å². The molecule has 4 rings (SSSR count). The van der Waals surface area contributed by atoms with Gasteiger partial charge in [-0.2, -0.15) is 0 Å². The van der Waals surface area contributed by atoms with Gasteiger partial charge in [0.2, 0.25) is 0 Å². The van der Waals surface area contributed by atoms with Crippen LogP contribution >= 0.6 is 11.3 Å². The maximum atomic E-state index is 12.8. The monoisotopic (exact) mass is 434 g/mol. The summed E-state index contributed by atoms with van der Waals surface area (Å²) in [5.74, 6) is 0.777. The van der Waals surface area contributed by atoms with E-state index in [1.54, 1.807) is 0 Å². The molecule has 3 aromatic rings. The zero-order valence-corrected chi connectivity index (χ0v) is 18.6. The Morgan fingerprint density at radius 2 is 1.87 bits per heavy atom. The number of fused-ring (bicyclic) bond motifs is 1. The Morgan fingerprint density at radius 3 is 2.58 bits per heavy atom. The lowest BCUT2D eigenvalue weighted by Gasteiger charge is -2.27. The van der Waals surface area contributed by atoms with Crippen molar-refractivity contribution in [1.82, 2.24) is 10.2 Å². The van der Waals surface area contributed by atoms with Crippen molar-refractivity contribution in [3.05, 3.63) is 87.1 Å². The fraction of sp³-hybridized carbons (Fsp3) is 0.280. The smallest absolute Gasteiger partial charge is 0.261 e. The van der Waals surface area contributed by atoms with Crippen molar-refractivity contribution in [2.45, 2.75) is 32.9 Å². The Bertz CT molecular complexity index is 1060. The average Bonchev–Trinajstić information content (AvgIpc) is 3.23. The molecule has 2 aromatic carbocycles. The van der Waals surface area contributed by atoms with Crippen LogP contribution in [0.2, 0.25) is 0 Å². The normalized spacial score (nSPS) is 13.9. The molecule has 5 nitrogen and oxygen atoms in total. The summed E-state index contributed by atoms with van der Waals surface area (Å²) in [6.45, 7) is 5.77. The van der Waals surface area contributed by atoms with Gasteiger partial charge in [-0.05, 0) is 61.7 Å². The number of hydrogen-bond donors (Lipinski definition) is 1. The minimum Gasteiger partial charge on any atom is -0.494 e. The third-order valence-electron chi connectivity index (χ3n) is 5.44. The first kappa shape index (κ1) is 21.1. The fourth-order valence-electron chi connectivity index (χ4n) is 3.75. The number of ether oxygens (including phenoxy) is 1. The van der Waals surface area contributed by atoms with Crippen LogP contribution in [0.25, 0.3) is 0 Å². The van der Waals surface area contributed by atoms with Crippen molar-refractivity contribution in [3.63, 3.8) is 0 Å². The highest BCUT2D eigenvalue weighted by Crippen LogP contribution is 2.29. The summed E-state index contributed by atoms with van der Waals surface area (Å²) < 4.78 is 5.48. The molecule has 2 heterocycles. The van der Waals surface area contributed by atoms with E-state index in [2.05, 4.69) is 5.32 Å². The van der Waals surface area contributed by atoms with E-state index in [1.165, 1.54) is 16.2 Å². The topological polar surface area (TPSA) is 58.6 Å². The molecule has 0 spiro atoms. The highest BCUT2D eigenvalue weighted by molar-refractivity contribution is 7.14. The van der Waals surface area contributed by atoms with Crippen LogP contribution in [-0.2, 0) is 13.0 Å². The van der Waals surface area contributed by atoms with Crippen LogP contribution < -0.4 is 10.1 Å². The van der Waals surface area contributed by atoms with E-state index in [9.17, 15) is 9.59 Å². The Morgan fingerprint density at radius 1 is 1.13 bits per heavy atom. The molecule has 1 atom stereocenters. The lowest BCUT2D eigenvalue weighted by molar-refractivity contribution is 0.0736. The third kappa shape index (κ3) is 4.80. The second-order valence-electron chi connectivity index (χ2n) is 7.60. The Hall–Kier alpha value is -3.12. The molecule has 0 aliphatic carbocycles. The van der Waals surface area contributed by atoms with Crippen molar-refractivity contribution < 1.29 is 14.3 Å². The van der Waals surface area contributed by atoms with Crippen molar-refractivity contribution in [1.29, 1.82) is 0 Å². The van der Waals surface area contributed by atoms with Gasteiger partial charge in [0.05, 0.1) is 17.5 Å². The molecule has 160 valence electrons. The Balaban J connectivity index is 1.41. The highest BCUT2D eigenvalue weighted by atomic mass is 32.1. The molecule has 31 heavy (non-hydrogen) atoms. The number of carbonyl (C=O) groups excluding carboxylic acids is 2. The van der Waals surface area contributed by atoms with E-state index in [0.717, 1.165) is 23.3 Å². The maximum absolute atomic E-state index is 12.8. The van der Waals surface area contributed by atoms with Gasteiger partial charge in [-0.25, -0.2) is 0 Å². The molecule has 1 aliphatic rings. The molecule has 2 amide bonds. The van der Waals surface area contributed by atoms with E-state index < -0.39 is 0 Å². The van der Waals surface area contributed by atoms with Crippen LogP contribution in [0.3, 0.4) is 0 Å². The first-order valence-electron chi connectivity index (χ1n) is 10.5. The number of thiophene rings is 1. The summed E-state index contributed by atoms with van der Waals surface area (Å²) in [5, 5.41) is 3.08. The van der Waals surface area contributed by atoms with Gasteiger partial charge < -0.3 is 15.0 Å². The summed E-state index contributed by atoms with van der Waals surface area (Å²) in [7, 11) is 0. The predicted octanol–water partition coefficient (Wildman–Crippen LogP) is 4.84. The summed E-state index contributed by atoms with van der Waals surface area (Å²) in [5.41, 5.74) is 2.79. The summed E-state index contributed by atoms with van der Waals surface area (Å²) >= 11 is 1.53.